The molecule has 2 N–H and O–H groups in total. The van der Waals surface area contributed by atoms with Crippen molar-refractivity contribution in [3.63, 3.8) is 0 Å². The average molecular weight is 461 g/mol. The monoisotopic (exact) mass is 460 g/mol. The Morgan fingerprint density at radius 3 is 2.30 bits per heavy atom. The highest BCUT2D eigenvalue weighted by Crippen LogP contribution is 2.25. The number of anilines is 2. The molecular formula is C22H21ClN2O3S2. The summed E-state index contributed by atoms with van der Waals surface area (Å²) in [5.74, 6) is -0.151. The largest absolute Gasteiger partial charge is 0.323 e. The number of thioether (sulfide) groups is 1. The van der Waals surface area contributed by atoms with Crippen molar-refractivity contribution < 1.29 is 13.2 Å². The molecule has 0 unspecified atom stereocenters. The fraction of sp³-hybridized carbons (Fsp3) is 0.136. The molecule has 0 aliphatic rings. The fourth-order valence-corrected chi connectivity index (χ4v) is 5.12. The summed E-state index contributed by atoms with van der Waals surface area (Å²) in [5, 5.41) is 6.01. The summed E-state index contributed by atoms with van der Waals surface area (Å²) >= 11 is 7.45. The number of hydrogen-bond acceptors (Lipinski definition) is 4. The van der Waals surface area contributed by atoms with Crippen LogP contribution in [0.3, 0.4) is 0 Å². The summed E-state index contributed by atoms with van der Waals surface area (Å²) in [6, 6.07) is 18.5. The standard InChI is InChI=1S/C22H21ClN2O3S2/c1-15-6-11-19(25-22(26)24-18-4-3-5-20(12-18)29-2)13-21(15)30(27,28)14-16-7-9-17(23)10-8-16/h3-13H,14H2,1-2H3,(H2,24,25,26). The van der Waals surface area contributed by atoms with Gasteiger partial charge < -0.3 is 10.6 Å². The number of carbonyl (C=O) groups is 1. The molecule has 0 aliphatic carbocycles. The van der Waals surface area contributed by atoms with Crippen LogP contribution >= 0.6 is 23.4 Å². The lowest BCUT2D eigenvalue weighted by atomic mass is 10.2. The first-order valence-electron chi connectivity index (χ1n) is 9.07. The number of amides is 2. The van der Waals surface area contributed by atoms with Crippen LogP contribution in [0.25, 0.3) is 0 Å². The predicted octanol–water partition coefficient (Wildman–Crippen LogP) is 5.99. The van der Waals surface area contributed by atoms with E-state index in [9.17, 15) is 13.2 Å². The molecule has 0 fully saturated rings. The second-order valence-electron chi connectivity index (χ2n) is 6.68. The smallest absolute Gasteiger partial charge is 0.308 e. The Bertz CT molecular complexity index is 1160. The van der Waals surface area contributed by atoms with Gasteiger partial charge in [-0.25, -0.2) is 13.2 Å². The molecule has 0 saturated carbocycles. The summed E-state index contributed by atoms with van der Waals surface area (Å²) in [7, 11) is -3.60. The maximum Gasteiger partial charge on any atom is 0.323 e. The second-order valence-corrected chi connectivity index (χ2v) is 9.95. The molecule has 8 heteroatoms. The molecule has 0 spiro atoms. The first-order chi connectivity index (χ1) is 14.3. The third kappa shape index (κ3) is 5.78. The molecule has 3 aromatic carbocycles. The first kappa shape index (κ1) is 22.2. The van der Waals surface area contributed by atoms with Crippen LogP contribution in [0.5, 0.6) is 0 Å². The third-order valence-corrected chi connectivity index (χ3v) is 7.18. The summed E-state index contributed by atoms with van der Waals surface area (Å²) < 4.78 is 25.9. The summed E-state index contributed by atoms with van der Waals surface area (Å²) in [6.45, 7) is 1.73. The molecule has 5 nitrogen and oxygen atoms in total. The molecule has 156 valence electrons. The topological polar surface area (TPSA) is 75.3 Å². The number of urea groups is 1. The van der Waals surface area contributed by atoms with Gasteiger partial charge in [-0.1, -0.05) is 35.9 Å². The van der Waals surface area contributed by atoms with E-state index in [4.69, 9.17) is 11.6 Å². The van der Waals surface area contributed by atoms with Crippen molar-refractivity contribution in [1.82, 2.24) is 0 Å². The molecule has 0 radical (unpaired) electrons. The Balaban J connectivity index is 1.76. The Hall–Kier alpha value is -2.48. The lowest BCUT2D eigenvalue weighted by Crippen LogP contribution is -2.19. The number of sulfone groups is 1. The van der Waals surface area contributed by atoms with Gasteiger partial charge in [-0.2, -0.15) is 0 Å². The van der Waals surface area contributed by atoms with Crippen LogP contribution in [0.1, 0.15) is 11.1 Å². The quantitative estimate of drug-likeness (QED) is 0.443. The molecule has 2 amide bonds. The van der Waals surface area contributed by atoms with Gasteiger partial charge in [-0.3, -0.25) is 0 Å². The van der Waals surface area contributed by atoms with Crippen molar-refractivity contribution >= 4 is 50.6 Å². The Morgan fingerprint density at radius 1 is 0.967 bits per heavy atom. The van der Waals surface area contributed by atoms with Crippen molar-refractivity contribution in [3.05, 3.63) is 82.9 Å². The van der Waals surface area contributed by atoms with E-state index in [2.05, 4.69) is 10.6 Å². The van der Waals surface area contributed by atoms with E-state index in [1.807, 2.05) is 24.5 Å². The minimum atomic E-state index is -3.60. The Labute approximate surface area is 185 Å². The van der Waals surface area contributed by atoms with Gasteiger partial charge in [0.15, 0.2) is 9.84 Å². The van der Waals surface area contributed by atoms with Gasteiger partial charge in [0.05, 0.1) is 10.6 Å². The molecule has 0 bridgehead atoms. The fourth-order valence-electron chi connectivity index (χ4n) is 2.88. The Kier molecular flexibility index (Phi) is 7.07. The molecule has 0 atom stereocenters. The molecule has 3 aromatic rings. The molecule has 3 rings (SSSR count). The van der Waals surface area contributed by atoms with E-state index in [-0.39, 0.29) is 10.6 Å². The van der Waals surface area contributed by atoms with Crippen LogP contribution in [0.2, 0.25) is 5.02 Å². The summed E-state index contributed by atoms with van der Waals surface area (Å²) in [4.78, 5) is 13.6. The van der Waals surface area contributed by atoms with Crippen molar-refractivity contribution in [1.29, 1.82) is 0 Å². The minimum absolute atomic E-state index is 0.151. The van der Waals surface area contributed by atoms with E-state index in [0.29, 0.717) is 27.5 Å². The number of aryl methyl sites for hydroxylation is 1. The van der Waals surface area contributed by atoms with Gasteiger partial charge in [0, 0.05) is 21.3 Å². The summed E-state index contributed by atoms with van der Waals surface area (Å²) in [5.41, 5.74) is 2.31. The van der Waals surface area contributed by atoms with Crippen LogP contribution in [-0.4, -0.2) is 20.7 Å². The predicted molar refractivity (Wildman–Crippen MR) is 124 cm³/mol. The van der Waals surface area contributed by atoms with Crippen molar-refractivity contribution in [3.8, 4) is 0 Å². The minimum Gasteiger partial charge on any atom is -0.308 e. The molecule has 0 aromatic heterocycles. The zero-order valence-electron chi connectivity index (χ0n) is 16.5. The second kappa shape index (κ2) is 9.55. The molecular weight excluding hydrogens is 440 g/mol. The van der Waals surface area contributed by atoms with Gasteiger partial charge in [-0.15, -0.1) is 11.8 Å². The highest BCUT2D eigenvalue weighted by molar-refractivity contribution is 7.98. The van der Waals surface area contributed by atoms with Gasteiger partial charge in [-0.05, 0) is 66.8 Å². The SMILES string of the molecule is CSc1cccc(NC(=O)Nc2ccc(C)c(S(=O)(=O)Cc3ccc(Cl)cc3)c2)c1. The van der Waals surface area contributed by atoms with E-state index >= 15 is 0 Å². The van der Waals surface area contributed by atoms with Crippen LogP contribution in [0.4, 0.5) is 16.2 Å². The van der Waals surface area contributed by atoms with Crippen molar-refractivity contribution in [2.75, 3.05) is 16.9 Å². The number of benzene rings is 3. The van der Waals surface area contributed by atoms with E-state index in [1.54, 1.807) is 61.2 Å². The van der Waals surface area contributed by atoms with E-state index in [1.165, 1.54) is 6.07 Å². The highest BCUT2D eigenvalue weighted by atomic mass is 35.5. The van der Waals surface area contributed by atoms with Crippen LogP contribution < -0.4 is 10.6 Å². The molecule has 30 heavy (non-hydrogen) atoms. The zero-order valence-corrected chi connectivity index (χ0v) is 18.9. The Morgan fingerprint density at radius 2 is 1.63 bits per heavy atom. The third-order valence-electron chi connectivity index (χ3n) is 4.38. The van der Waals surface area contributed by atoms with Gasteiger partial charge in [0.1, 0.15) is 0 Å². The van der Waals surface area contributed by atoms with Gasteiger partial charge in [0.25, 0.3) is 0 Å². The lowest BCUT2D eigenvalue weighted by molar-refractivity contribution is 0.262. The number of carbonyl (C=O) groups excluding carboxylic acids is 1. The zero-order chi connectivity index (χ0) is 21.7. The van der Waals surface area contributed by atoms with Crippen LogP contribution in [-0.2, 0) is 15.6 Å². The number of hydrogen-bond donors (Lipinski definition) is 2. The maximum atomic E-state index is 12.9. The van der Waals surface area contributed by atoms with Gasteiger partial charge in [0.2, 0.25) is 0 Å². The summed E-state index contributed by atoms with van der Waals surface area (Å²) in [6.07, 6.45) is 1.96. The molecule has 0 heterocycles. The van der Waals surface area contributed by atoms with Crippen molar-refractivity contribution in [2.24, 2.45) is 0 Å². The van der Waals surface area contributed by atoms with Crippen molar-refractivity contribution in [2.45, 2.75) is 22.5 Å². The van der Waals surface area contributed by atoms with E-state index < -0.39 is 15.9 Å². The lowest BCUT2D eigenvalue weighted by Gasteiger charge is -2.12. The first-order valence-corrected chi connectivity index (χ1v) is 12.3. The number of rotatable bonds is 6. The molecule has 0 aliphatic heterocycles. The van der Waals surface area contributed by atoms with E-state index in [0.717, 1.165) is 4.90 Å². The van der Waals surface area contributed by atoms with Crippen LogP contribution in [0.15, 0.2) is 76.5 Å². The highest BCUT2D eigenvalue weighted by Gasteiger charge is 2.19. The van der Waals surface area contributed by atoms with Crippen LogP contribution in [0, 0.1) is 6.92 Å². The van der Waals surface area contributed by atoms with Gasteiger partial charge >= 0.3 is 6.03 Å². The maximum absolute atomic E-state index is 12.9. The normalized spacial score (nSPS) is 11.2. The average Bonchev–Trinajstić information content (AvgIpc) is 2.71. The number of nitrogens with one attached hydrogen (secondary N) is 2. The molecule has 0 saturated heterocycles. The number of halogens is 1.